The molecule has 1 aliphatic heterocycles. The molecular weight excluding hydrogens is 288 g/mol. The number of benzene rings is 1. The Morgan fingerprint density at radius 2 is 2.13 bits per heavy atom. The Balaban J connectivity index is 1.68. The van der Waals surface area contributed by atoms with E-state index in [1.54, 1.807) is 0 Å². The van der Waals surface area contributed by atoms with Crippen LogP contribution in [0, 0.1) is 5.92 Å². The predicted octanol–water partition coefficient (Wildman–Crippen LogP) is 2.87. The maximum atomic E-state index is 11.9. The summed E-state index contributed by atoms with van der Waals surface area (Å²) in [5, 5.41) is 6.28. The highest BCUT2D eigenvalue weighted by Gasteiger charge is 2.18. The summed E-state index contributed by atoms with van der Waals surface area (Å²) in [5.74, 6) is 1.70. The summed E-state index contributed by atoms with van der Waals surface area (Å²) in [6.45, 7) is 9.73. The summed E-state index contributed by atoms with van der Waals surface area (Å²) in [6, 6.07) is 8.12. The number of rotatable bonds is 7. The smallest absolute Gasteiger partial charge is 0.220 e. The molecule has 2 N–H and O–H groups in total. The Hall–Kier alpha value is -1.55. The van der Waals surface area contributed by atoms with Gasteiger partial charge in [-0.05, 0) is 48.9 Å². The zero-order valence-corrected chi connectivity index (χ0v) is 14.7. The molecule has 0 spiro atoms. The third-order valence-corrected chi connectivity index (χ3v) is 4.32. The molecule has 1 saturated heterocycles. The van der Waals surface area contributed by atoms with Gasteiger partial charge in [0.2, 0.25) is 5.91 Å². The normalized spacial score (nSPS) is 18.0. The van der Waals surface area contributed by atoms with Gasteiger partial charge in [0.1, 0.15) is 12.4 Å². The summed E-state index contributed by atoms with van der Waals surface area (Å²) in [6.07, 6.45) is 2.79. The Morgan fingerprint density at radius 3 is 2.83 bits per heavy atom. The van der Waals surface area contributed by atoms with Gasteiger partial charge in [0, 0.05) is 6.42 Å². The van der Waals surface area contributed by atoms with Crippen LogP contribution in [0.25, 0.3) is 0 Å². The minimum absolute atomic E-state index is 0.0508. The van der Waals surface area contributed by atoms with E-state index in [-0.39, 0.29) is 11.3 Å². The number of amides is 1. The maximum absolute atomic E-state index is 11.9. The Labute approximate surface area is 140 Å². The summed E-state index contributed by atoms with van der Waals surface area (Å²) >= 11 is 0. The van der Waals surface area contributed by atoms with Gasteiger partial charge in [0.25, 0.3) is 0 Å². The number of ether oxygens (including phenoxy) is 1. The quantitative estimate of drug-likeness (QED) is 0.760. The molecule has 128 valence electrons. The van der Waals surface area contributed by atoms with Gasteiger partial charge in [-0.3, -0.25) is 4.79 Å². The van der Waals surface area contributed by atoms with Crippen LogP contribution in [0.4, 0.5) is 0 Å². The largest absolute Gasteiger partial charge is 0.491 e. The van der Waals surface area contributed by atoms with Gasteiger partial charge in [-0.2, -0.15) is 0 Å². The molecule has 1 aromatic rings. The summed E-state index contributed by atoms with van der Waals surface area (Å²) in [7, 11) is 0. The molecule has 1 fully saturated rings. The Bertz CT molecular complexity index is 502. The first-order valence-corrected chi connectivity index (χ1v) is 8.66. The van der Waals surface area contributed by atoms with E-state index in [2.05, 4.69) is 37.5 Å². The Kier molecular flexibility index (Phi) is 6.46. The minimum atomic E-state index is 0.0508. The van der Waals surface area contributed by atoms with E-state index in [4.69, 9.17) is 4.74 Å². The first-order valence-electron chi connectivity index (χ1n) is 8.66. The second kappa shape index (κ2) is 8.34. The van der Waals surface area contributed by atoms with Crippen LogP contribution in [-0.2, 0) is 10.2 Å². The van der Waals surface area contributed by atoms with E-state index in [1.807, 2.05) is 18.2 Å². The third kappa shape index (κ3) is 5.87. The fourth-order valence-electron chi connectivity index (χ4n) is 2.95. The average Bonchev–Trinajstić information content (AvgIpc) is 3.02. The lowest BCUT2D eigenvalue weighted by Crippen LogP contribution is -2.28. The van der Waals surface area contributed by atoms with Crippen LogP contribution in [0.3, 0.4) is 0 Å². The van der Waals surface area contributed by atoms with Gasteiger partial charge in [-0.1, -0.05) is 39.0 Å². The molecule has 1 amide bonds. The van der Waals surface area contributed by atoms with Crippen LogP contribution in [0.1, 0.15) is 45.6 Å². The standard InChI is InChI=1S/C19H30N2O2/c1-19(2,3)16-6-4-5-7-17(16)23-13-12-21-18(22)9-8-15-10-11-20-14-15/h4-7,15,20H,8-14H2,1-3H3,(H,21,22). The molecule has 0 bridgehead atoms. The first-order chi connectivity index (χ1) is 11.0. The van der Waals surface area contributed by atoms with Crippen molar-refractivity contribution in [3.63, 3.8) is 0 Å². The first kappa shape index (κ1) is 17.8. The second-order valence-corrected chi connectivity index (χ2v) is 7.34. The molecule has 23 heavy (non-hydrogen) atoms. The number of para-hydroxylation sites is 1. The van der Waals surface area contributed by atoms with E-state index < -0.39 is 0 Å². The fraction of sp³-hybridized carbons (Fsp3) is 0.632. The fourth-order valence-corrected chi connectivity index (χ4v) is 2.95. The van der Waals surface area contributed by atoms with E-state index in [1.165, 1.54) is 12.0 Å². The molecule has 0 aliphatic carbocycles. The molecule has 1 atom stereocenters. The van der Waals surface area contributed by atoms with Crippen molar-refractivity contribution in [2.45, 2.75) is 45.4 Å². The number of hydrogen-bond acceptors (Lipinski definition) is 3. The van der Waals surface area contributed by atoms with E-state index in [0.717, 1.165) is 25.3 Å². The van der Waals surface area contributed by atoms with Crippen molar-refractivity contribution in [1.82, 2.24) is 10.6 Å². The van der Waals surface area contributed by atoms with Crippen molar-refractivity contribution >= 4 is 5.91 Å². The van der Waals surface area contributed by atoms with Crippen LogP contribution in [-0.4, -0.2) is 32.1 Å². The molecular formula is C19H30N2O2. The van der Waals surface area contributed by atoms with E-state index in [9.17, 15) is 4.79 Å². The minimum Gasteiger partial charge on any atom is -0.491 e. The van der Waals surface area contributed by atoms with Crippen LogP contribution < -0.4 is 15.4 Å². The molecule has 0 aromatic heterocycles. The van der Waals surface area contributed by atoms with Gasteiger partial charge in [0.15, 0.2) is 0 Å². The van der Waals surface area contributed by atoms with Crippen molar-refractivity contribution in [3.05, 3.63) is 29.8 Å². The van der Waals surface area contributed by atoms with Crippen LogP contribution in [0.5, 0.6) is 5.75 Å². The number of carbonyl (C=O) groups excluding carboxylic acids is 1. The zero-order chi connectivity index (χ0) is 16.7. The van der Waals surface area contributed by atoms with E-state index >= 15 is 0 Å². The van der Waals surface area contributed by atoms with Gasteiger partial charge in [-0.15, -0.1) is 0 Å². The molecule has 0 saturated carbocycles. The average molecular weight is 318 g/mol. The van der Waals surface area contributed by atoms with E-state index in [0.29, 0.717) is 25.5 Å². The molecule has 2 rings (SSSR count). The highest BCUT2D eigenvalue weighted by Crippen LogP contribution is 2.30. The predicted molar refractivity (Wildman–Crippen MR) is 93.9 cm³/mol. The van der Waals surface area contributed by atoms with Crippen molar-refractivity contribution in [2.24, 2.45) is 5.92 Å². The maximum Gasteiger partial charge on any atom is 0.220 e. The highest BCUT2D eigenvalue weighted by atomic mass is 16.5. The van der Waals surface area contributed by atoms with Crippen LogP contribution in [0.15, 0.2) is 24.3 Å². The van der Waals surface area contributed by atoms with Crippen LogP contribution in [0.2, 0.25) is 0 Å². The molecule has 4 nitrogen and oxygen atoms in total. The SMILES string of the molecule is CC(C)(C)c1ccccc1OCCNC(=O)CCC1CCNC1. The van der Waals surface area contributed by atoms with Crippen molar-refractivity contribution in [3.8, 4) is 5.75 Å². The number of hydrogen-bond donors (Lipinski definition) is 2. The van der Waals surface area contributed by atoms with Gasteiger partial charge >= 0.3 is 0 Å². The lowest BCUT2D eigenvalue weighted by atomic mass is 9.86. The molecule has 1 heterocycles. The molecule has 4 heteroatoms. The van der Waals surface area contributed by atoms with Gasteiger partial charge in [-0.25, -0.2) is 0 Å². The molecule has 1 unspecified atom stereocenters. The van der Waals surface area contributed by atoms with Crippen molar-refractivity contribution < 1.29 is 9.53 Å². The monoisotopic (exact) mass is 318 g/mol. The topological polar surface area (TPSA) is 50.4 Å². The molecule has 0 radical (unpaired) electrons. The summed E-state index contributed by atoms with van der Waals surface area (Å²) in [5.41, 5.74) is 1.25. The Morgan fingerprint density at radius 1 is 1.35 bits per heavy atom. The van der Waals surface area contributed by atoms with Crippen molar-refractivity contribution in [1.29, 1.82) is 0 Å². The number of nitrogens with one attached hydrogen (secondary N) is 2. The third-order valence-electron chi connectivity index (χ3n) is 4.32. The molecule has 1 aromatic carbocycles. The number of carbonyl (C=O) groups is 1. The van der Waals surface area contributed by atoms with Gasteiger partial charge in [0.05, 0.1) is 6.54 Å². The second-order valence-electron chi connectivity index (χ2n) is 7.34. The zero-order valence-electron chi connectivity index (χ0n) is 14.7. The van der Waals surface area contributed by atoms with Gasteiger partial charge < -0.3 is 15.4 Å². The summed E-state index contributed by atoms with van der Waals surface area (Å²) < 4.78 is 5.87. The summed E-state index contributed by atoms with van der Waals surface area (Å²) in [4.78, 5) is 11.9. The lowest BCUT2D eigenvalue weighted by molar-refractivity contribution is -0.121. The lowest BCUT2D eigenvalue weighted by Gasteiger charge is -2.22. The highest BCUT2D eigenvalue weighted by molar-refractivity contribution is 5.75. The van der Waals surface area contributed by atoms with Crippen molar-refractivity contribution in [2.75, 3.05) is 26.2 Å². The molecule has 1 aliphatic rings. The van der Waals surface area contributed by atoms with Crippen LogP contribution >= 0.6 is 0 Å².